The number of aryl methyl sites for hydroxylation is 3. The summed E-state index contributed by atoms with van der Waals surface area (Å²) in [4.78, 5) is 13.8. The predicted octanol–water partition coefficient (Wildman–Crippen LogP) is 6.81. The Labute approximate surface area is 252 Å². The Morgan fingerprint density at radius 3 is 2.36 bits per heavy atom. The summed E-state index contributed by atoms with van der Waals surface area (Å²) in [5.41, 5.74) is 7.08. The lowest BCUT2D eigenvalue weighted by Crippen LogP contribution is -2.13. The van der Waals surface area contributed by atoms with Crippen molar-refractivity contribution in [1.82, 2.24) is 14.2 Å². The van der Waals surface area contributed by atoms with E-state index in [2.05, 4.69) is 26.4 Å². The average Bonchev–Trinajstić information content (AvgIpc) is 3.73. The first-order chi connectivity index (χ1) is 21.1. The Morgan fingerprint density at radius 1 is 0.932 bits per heavy atom. The van der Waals surface area contributed by atoms with Crippen LogP contribution >= 0.6 is 0 Å². The Kier molecular flexibility index (Phi) is 7.27. The van der Waals surface area contributed by atoms with E-state index >= 15 is 0 Å². The molecule has 0 saturated heterocycles. The molecule has 0 amide bonds. The highest BCUT2D eigenvalue weighted by atomic mass is 32.2. The number of nitrogens with one attached hydrogen (secondary N) is 1. The number of benzene rings is 3. The van der Waals surface area contributed by atoms with Crippen molar-refractivity contribution in [2.24, 2.45) is 10.2 Å². The molecule has 0 bridgehead atoms. The number of aromatic amines is 1. The van der Waals surface area contributed by atoms with Gasteiger partial charge >= 0.3 is 5.88 Å². The van der Waals surface area contributed by atoms with Gasteiger partial charge in [0.1, 0.15) is 10.6 Å². The van der Waals surface area contributed by atoms with Crippen LogP contribution in [0.25, 0.3) is 33.4 Å². The maximum absolute atomic E-state index is 13.7. The zero-order valence-electron chi connectivity index (χ0n) is 23.9. The van der Waals surface area contributed by atoms with Crippen molar-refractivity contribution in [2.75, 3.05) is 0 Å². The molecule has 3 aromatic carbocycles. The zero-order valence-corrected chi connectivity index (χ0v) is 24.7. The molecule has 6 rings (SSSR count). The number of furan rings is 1. The van der Waals surface area contributed by atoms with Gasteiger partial charge in [0, 0.05) is 22.0 Å². The fourth-order valence-corrected chi connectivity index (χ4v) is 6.22. The SMILES string of the molecule is Cc1ccc(S(=O)(=O)n2cc(/C=N/N=C/c3ccc([N+](=O)[O-])o3)c(-c3[nH]c4cc(C)cc(C)c4c3-c3ccccc3)n2)cc1. The van der Waals surface area contributed by atoms with Crippen LogP contribution in [0, 0.1) is 30.9 Å². The van der Waals surface area contributed by atoms with Crippen molar-refractivity contribution in [3.63, 3.8) is 0 Å². The van der Waals surface area contributed by atoms with Crippen LogP contribution < -0.4 is 0 Å². The van der Waals surface area contributed by atoms with E-state index in [0.717, 1.165) is 42.8 Å². The van der Waals surface area contributed by atoms with Crippen molar-refractivity contribution < 1.29 is 17.8 Å². The van der Waals surface area contributed by atoms with Crippen LogP contribution in [-0.2, 0) is 10.0 Å². The van der Waals surface area contributed by atoms with Gasteiger partial charge in [0.25, 0.3) is 10.0 Å². The van der Waals surface area contributed by atoms with Gasteiger partial charge in [-0.25, -0.2) is 0 Å². The normalized spacial score (nSPS) is 12.2. The van der Waals surface area contributed by atoms with E-state index in [0.29, 0.717) is 17.0 Å². The quantitative estimate of drug-likeness (QED) is 0.114. The Hall–Kier alpha value is -5.62. The fourth-order valence-electron chi connectivity index (χ4n) is 5.08. The monoisotopic (exact) mass is 606 g/mol. The van der Waals surface area contributed by atoms with E-state index in [1.165, 1.54) is 42.9 Å². The van der Waals surface area contributed by atoms with Crippen LogP contribution in [0.1, 0.15) is 28.0 Å². The van der Waals surface area contributed by atoms with Gasteiger partial charge in [-0.05, 0) is 61.7 Å². The van der Waals surface area contributed by atoms with Gasteiger partial charge in [-0.1, -0.05) is 54.1 Å². The Balaban J connectivity index is 1.53. The summed E-state index contributed by atoms with van der Waals surface area (Å²) >= 11 is 0. The molecule has 220 valence electrons. The van der Waals surface area contributed by atoms with Gasteiger partial charge in [0.2, 0.25) is 0 Å². The number of fused-ring (bicyclic) bond motifs is 1. The minimum Gasteiger partial charge on any atom is -0.400 e. The van der Waals surface area contributed by atoms with Crippen LogP contribution in [0.2, 0.25) is 0 Å². The van der Waals surface area contributed by atoms with Gasteiger partial charge in [-0.15, -0.1) is 0 Å². The van der Waals surface area contributed by atoms with E-state index in [-0.39, 0.29) is 10.7 Å². The average molecular weight is 607 g/mol. The maximum Gasteiger partial charge on any atom is 0.433 e. The second kappa shape index (κ2) is 11.2. The summed E-state index contributed by atoms with van der Waals surface area (Å²) in [5.74, 6) is -0.280. The highest BCUT2D eigenvalue weighted by Crippen LogP contribution is 2.40. The second-order valence-corrected chi connectivity index (χ2v) is 12.1. The number of aromatic nitrogens is 3. The minimum absolute atomic E-state index is 0.0875. The number of rotatable bonds is 8. The molecule has 0 saturated carbocycles. The van der Waals surface area contributed by atoms with E-state index < -0.39 is 20.8 Å². The molecule has 6 aromatic rings. The summed E-state index contributed by atoms with van der Waals surface area (Å²) in [6, 6.07) is 23.1. The summed E-state index contributed by atoms with van der Waals surface area (Å²) in [6.07, 6.45) is 4.00. The highest BCUT2D eigenvalue weighted by Gasteiger charge is 2.25. The molecular weight excluding hydrogens is 580 g/mol. The molecule has 0 aliphatic heterocycles. The Bertz CT molecular complexity index is 2190. The predicted molar refractivity (Wildman–Crippen MR) is 169 cm³/mol. The first-order valence-electron chi connectivity index (χ1n) is 13.5. The number of nitro groups is 1. The molecular formula is C32H26N6O5S. The largest absolute Gasteiger partial charge is 0.433 e. The molecule has 3 aromatic heterocycles. The van der Waals surface area contributed by atoms with Gasteiger partial charge in [-0.3, -0.25) is 10.1 Å². The molecule has 1 N–H and O–H groups in total. The first-order valence-corrected chi connectivity index (χ1v) is 15.0. The third-order valence-corrected chi connectivity index (χ3v) is 8.61. The van der Waals surface area contributed by atoms with Gasteiger partial charge < -0.3 is 9.40 Å². The third-order valence-electron chi connectivity index (χ3n) is 7.07. The van der Waals surface area contributed by atoms with Crippen LogP contribution in [-0.4, -0.2) is 39.9 Å². The van der Waals surface area contributed by atoms with Crippen LogP contribution in [0.15, 0.2) is 105 Å². The third kappa shape index (κ3) is 5.34. The zero-order chi connectivity index (χ0) is 31.0. The lowest BCUT2D eigenvalue weighted by Gasteiger charge is -2.07. The molecule has 0 aliphatic rings. The lowest BCUT2D eigenvalue weighted by atomic mass is 9.96. The van der Waals surface area contributed by atoms with Crippen molar-refractivity contribution in [3.05, 3.63) is 123 Å². The molecule has 0 radical (unpaired) electrons. The van der Waals surface area contributed by atoms with Crippen LogP contribution in [0.5, 0.6) is 0 Å². The van der Waals surface area contributed by atoms with E-state index in [9.17, 15) is 18.5 Å². The van der Waals surface area contributed by atoms with Crippen molar-refractivity contribution >= 4 is 39.2 Å². The summed E-state index contributed by atoms with van der Waals surface area (Å²) in [5, 5.41) is 24.6. The van der Waals surface area contributed by atoms with Gasteiger partial charge in [0.15, 0.2) is 5.76 Å². The second-order valence-electron chi connectivity index (χ2n) is 10.3. The number of hydrogen-bond donors (Lipinski definition) is 1. The first kappa shape index (κ1) is 28.5. The smallest absolute Gasteiger partial charge is 0.400 e. The summed E-state index contributed by atoms with van der Waals surface area (Å²) in [7, 11) is -4.05. The lowest BCUT2D eigenvalue weighted by molar-refractivity contribution is -0.402. The minimum atomic E-state index is -4.05. The molecule has 0 fully saturated rings. The fraction of sp³-hybridized carbons (Fsp3) is 0.0938. The van der Waals surface area contributed by atoms with Crippen LogP contribution in [0.4, 0.5) is 5.88 Å². The van der Waals surface area contributed by atoms with Gasteiger partial charge in [-0.2, -0.15) is 27.8 Å². The molecule has 0 spiro atoms. The standard InChI is InChI=1S/C32H26N6O5S/c1-20-9-12-26(13-10-20)44(41,42)37-19-24(17-33-34-18-25-11-14-28(43-25)38(39)40)31(36-37)32-30(23-7-5-4-6-8-23)29-22(3)15-21(2)16-27(29)35-32/h4-19,35H,1-3H3/b33-17+,34-18+. The topological polar surface area (TPSA) is 149 Å². The molecule has 3 heterocycles. The van der Waals surface area contributed by atoms with Gasteiger partial charge in [0.05, 0.1) is 35.3 Å². The number of nitrogens with zero attached hydrogens (tertiary/aromatic N) is 5. The molecule has 0 aliphatic carbocycles. The summed E-state index contributed by atoms with van der Waals surface area (Å²) in [6.45, 7) is 5.93. The molecule has 12 heteroatoms. The van der Waals surface area contributed by atoms with Crippen molar-refractivity contribution in [3.8, 4) is 22.5 Å². The van der Waals surface area contributed by atoms with Crippen molar-refractivity contribution in [1.29, 1.82) is 0 Å². The van der Waals surface area contributed by atoms with Crippen molar-refractivity contribution in [2.45, 2.75) is 25.7 Å². The molecule has 0 atom stereocenters. The van der Waals surface area contributed by atoms with E-state index in [1.54, 1.807) is 12.1 Å². The summed E-state index contributed by atoms with van der Waals surface area (Å²) < 4.78 is 33.4. The Morgan fingerprint density at radius 2 is 1.66 bits per heavy atom. The van der Waals surface area contributed by atoms with E-state index in [4.69, 9.17) is 4.42 Å². The molecule has 11 nitrogen and oxygen atoms in total. The van der Waals surface area contributed by atoms with Crippen LogP contribution in [0.3, 0.4) is 0 Å². The van der Waals surface area contributed by atoms with E-state index in [1.807, 2.05) is 57.2 Å². The number of hydrogen-bond acceptors (Lipinski definition) is 8. The number of H-pyrrole nitrogens is 1. The molecule has 0 unspecified atom stereocenters. The molecule has 44 heavy (non-hydrogen) atoms. The maximum atomic E-state index is 13.7. The highest BCUT2D eigenvalue weighted by molar-refractivity contribution is 7.89.